The standard InChI is InChI=1S/C12H21N3O3S/c1-12(2,8-16)15(4)11-7-9(5-6-10(11)13)19(17,18)14-3/h5-7,14,16H,8,13H2,1-4H3. The van der Waals surface area contributed by atoms with Crippen molar-refractivity contribution >= 4 is 21.4 Å². The van der Waals surface area contributed by atoms with E-state index >= 15 is 0 Å². The molecular formula is C12H21N3O3S. The van der Waals surface area contributed by atoms with Gasteiger partial charge in [-0.2, -0.15) is 0 Å². The molecule has 0 unspecified atom stereocenters. The summed E-state index contributed by atoms with van der Waals surface area (Å²) >= 11 is 0. The summed E-state index contributed by atoms with van der Waals surface area (Å²) < 4.78 is 25.8. The van der Waals surface area contributed by atoms with E-state index in [4.69, 9.17) is 5.73 Å². The highest BCUT2D eigenvalue weighted by Gasteiger charge is 2.25. The van der Waals surface area contributed by atoms with Crippen molar-refractivity contribution in [3.8, 4) is 0 Å². The number of likely N-dealkylation sites (N-methyl/N-ethyl adjacent to an activating group) is 1. The Morgan fingerprint density at radius 1 is 1.42 bits per heavy atom. The van der Waals surface area contributed by atoms with Crippen molar-refractivity contribution in [3.63, 3.8) is 0 Å². The van der Waals surface area contributed by atoms with E-state index in [0.29, 0.717) is 11.4 Å². The van der Waals surface area contributed by atoms with E-state index in [9.17, 15) is 13.5 Å². The van der Waals surface area contributed by atoms with Crippen molar-refractivity contribution in [3.05, 3.63) is 18.2 Å². The van der Waals surface area contributed by atoms with Crippen LogP contribution in [0.25, 0.3) is 0 Å². The molecule has 0 aliphatic rings. The number of sulfonamides is 1. The molecule has 0 saturated heterocycles. The average molecular weight is 287 g/mol. The number of nitrogens with one attached hydrogen (secondary N) is 1. The van der Waals surface area contributed by atoms with Gasteiger partial charge in [-0.25, -0.2) is 13.1 Å². The lowest BCUT2D eigenvalue weighted by atomic mass is 10.0. The summed E-state index contributed by atoms with van der Waals surface area (Å²) in [5.74, 6) is 0. The summed E-state index contributed by atoms with van der Waals surface area (Å²) in [4.78, 5) is 1.90. The molecule has 4 N–H and O–H groups in total. The fourth-order valence-electron chi connectivity index (χ4n) is 1.53. The highest BCUT2D eigenvalue weighted by molar-refractivity contribution is 7.89. The first-order valence-corrected chi connectivity index (χ1v) is 7.32. The lowest BCUT2D eigenvalue weighted by molar-refractivity contribution is 0.216. The van der Waals surface area contributed by atoms with Crippen LogP contribution < -0.4 is 15.4 Å². The maximum atomic E-state index is 11.8. The number of anilines is 2. The van der Waals surface area contributed by atoms with Crippen molar-refractivity contribution < 1.29 is 13.5 Å². The molecule has 1 rings (SSSR count). The predicted molar refractivity (Wildman–Crippen MR) is 76.7 cm³/mol. The highest BCUT2D eigenvalue weighted by Crippen LogP contribution is 2.30. The number of nitrogens with zero attached hydrogens (tertiary/aromatic N) is 1. The van der Waals surface area contributed by atoms with Gasteiger partial charge < -0.3 is 15.7 Å². The smallest absolute Gasteiger partial charge is 0.240 e. The lowest BCUT2D eigenvalue weighted by Crippen LogP contribution is -2.44. The molecule has 0 aliphatic heterocycles. The minimum Gasteiger partial charge on any atom is -0.397 e. The number of rotatable bonds is 5. The second-order valence-electron chi connectivity index (χ2n) is 4.96. The van der Waals surface area contributed by atoms with E-state index in [0.717, 1.165) is 0 Å². The van der Waals surface area contributed by atoms with E-state index in [-0.39, 0.29) is 11.5 Å². The molecule has 6 nitrogen and oxygen atoms in total. The Bertz CT molecular complexity index is 555. The Labute approximate surface area is 114 Å². The Kier molecular flexibility index (Phi) is 4.44. The number of nitrogen functional groups attached to an aromatic ring is 1. The Balaban J connectivity index is 3.34. The molecule has 0 aromatic heterocycles. The maximum Gasteiger partial charge on any atom is 0.240 e. The summed E-state index contributed by atoms with van der Waals surface area (Å²) in [6.07, 6.45) is 0. The van der Waals surface area contributed by atoms with Gasteiger partial charge in [0.15, 0.2) is 0 Å². The maximum absolute atomic E-state index is 11.8. The number of aliphatic hydroxyl groups is 1. The van der Waals surface area contributed by atoms with Crippen molar-refractivity contribution in [2.24, 2.45) is 0 Å². The molecule has 0 aliphatic carbocycles. The van der Waals surface area contributed by atoms with Crippen LogP contribution in [0.3, 0.4) is 0 Å². The van der Waals surface area contributed by atoms with E-state index in [1.807, 2.05) is 13.8 Å². The summed E-state index contributed by atoms with van der Waals surface area (Å²) in [6, 6.07) is 4.49. The van der Waals surface area contributed by atoms with Gasteiger partial charge in [-0.1, -0.05) is 0 Å². The lowest BCUT2D eigenvalue weighted by Gasteiger charge is -2.36. The first-order valence-electron chi connectivity index (χ1n) is 5.83. The number of hydrogen-bond acceptors (Lipinski definition) is 5. The highest BCUT2D eigenvalue weighted by atomic mass is 32.2. The molecular weight excluding hydrogens is 266 g/mol. The zero-order valence-electron chi connectivity index (χ0n) is 11.6. The van der Waals surface area contributed by atoms with Gasteiger partial charge in [-0.3, -0.25) is 0 Å². The number of hydrogen-bond donors (Lipinski definition) is 3. The van der Waals surface area contributed by atoms with Gasteiger partial charge >= 0.3 is 0 Å². The van der Waals surface area contributed by atoms with Crippen LogP contribution in [0.5, 0.6) is 0 Å². The summed E-state index contributed by atoms with van der Waals surface area (Å²) in [7, 11) is -0.402. The zero-order chi connectivity index (χ0) is 14.8. The zero-order valence-corrected chi connectivity index (χ0v) is 12.5. The predicted octanol–water partition coefficient (Wildman–Crippen LogP) is 0.384. The molecule has 1 aromatic rings. The van der Waals surface area contributed by atoms with Crippen molar-refractivity contribution in [2.45, 2.75) is 24.3 Å². The molecule has 7 heteroatoms. The first kappa shape index (κ1) is 15.7. The van der Waals surface area contributed by atoms with Crippen LogP contribution in [0.2, 0.25) is 0 Å². The number of nitrogens with two attached hydrogens (primary N) is 1. The molecule has 0 amide bonds. The van der Waals surface area contributed by atoms with Crippen molar-refractivity contribution in [2.75, 3.05) is 31.3 Å². The van der Waals surface area contributed by atoms with Crippen LogP contribution in [0, 0.1) is 0 Å². The first-order chi connectivity index (χ1) is 8.65. The Hall–Kier alpha value is -1.31. The van der Waals surface area contributed by atoms with Gasteiger partial charge in [0, 0.05) is 7.05 Å². The van der Waals surface area contributed by atoms with E-state index in [1.165, 1.54) is 19.2 Å². The van der Waals surface area contributed by atoms with Crippen LogP contribution in [-0.2, 0) is 10.0 Å². The van der Waals surface area contributed by atoms with Crippen LogP contribution >= 0.6 is 0 Å². The molecule has 0 radical (unpaired) electrons. The minimum atomic E-state index is -3.52. The number of aliphatic hydroxyl groups excluding tert-OH is 1. The second-order valence-corrected chi connectivity index (χ2v) is 6.84. The molecule has 0 bridgehead atoms. The molecule has 0 heterocycles. The normalized spacial score (nSPS) is 12.5. The molecule has 0 fully saturated rings. The molecule has 0 saturated carbocycles. The second kappa shape index (κ2) is 5.36. The monoisotopic (exact) mass is 287 g/mol. The summed E-state index contributed by atoms with van der Waals surface area (Å²) in [5, 5.41) is 9.38. The third-order valence-corrected chi connectivity index (χ3v) is 4.65. The average Bonchev–Trinajstić information content (AvgIpc) is 2.38. The summed E-state index contributed by atoms with van der Waals surface area (Å²) in [6.45, 7) is 3.60. The number of benzene rings is 1. The van der Waals surface area contributed by atoms with E-state index in [2.05, 4.69) is 4.72 Å². The largest absolute Gasteiger partial charge is 0.397 e. The molecule has 0 atom stereocenters. The molecule has 19 heavy (non-hydrogen) atoms. The van der Waals surface area contributed by atoms with Crippen LogP contribution in [0.1, 0.15) is 13.8 Å². The Morgan fingerprint density at radius 2 is 2.00 bits per heavy atom. The minimum absolute atomic E-state index is 0.0774. The summed E-state index contributed by atoms with van der Waals surface area (Å²) in [5.41, 5.74) is 6.37. The van der Waals surface area contributed by atoms with Crippen molar-refractivity contribution in [1.82, 2.24) is 4.72 Å². The van der Waals surface area contributed by atoms with Gasteiger partial charge in [-0.15, -0.1) is 0 Å². The van der Waals surface area contributed by atoms with Gasteiger partial charge in [0.1, 0.15) is 0 Å². The van der Waals surface area contributed by atoms with Crippen LogP contribution in [-0.4, -0.2) is 39.8 Å². The fourth-order valence-corrected chi connectivity index (χ4v) is 2.28. The van der Waals surface area contributed by atoms with Gasteiger partial charge in [0.2, 0.25) is 10.0 Å². The third kappa shape index (κ3) is 3.17. The molecule has 0 spiro atoms. The van der Waals surface area contributed by atoms with Gasteiger partial charge in [-0.05, 0) is 39.1 Å². The third-order valence-electron chi connectivity index (χ3n) is 3.24. The van der Waals surface area contributed by atoms with Crippen molar-refractivity contribution in [1.29, 1.82) is 0 Å². The Morgan fingerprint density at radius 3 is 2.47 bits per heavy atom. The van der Waals surface area contributed by atoms with Gasteiger partial charge in [0.25, 0.3) is 0 Å². The van der Waals surface area contributed by atoms with E-state index < -0.39 is 15.6 Å². The topological polar surface area (TPSA) is 95.7 Å². The molecule has 1 aromatic carbocycles. The quantitative estimate of drug-likeness (QED) is 0.681. The van der Waals surface area contributed by atoms with E-state index in [1.54, 1.807) is 18.0 Å². The van der Waals surface area contributed by atoms with Crippen LogP contribution in [0.4, 0.5) is 11.4 Å². The van der Waals surface area contributed by atoms with Crippen LogP contribution in [0.15, 0.2) is 23.1 Å². The fraction of sp³-hybridized carbons (Fsp3) is 0.500. The molecule has 108 valence electrons. The SMILES string of the molecule is CNS(=O)(=O)c1ccc(N)c(N(C)C(C)(C)CO)c1. The van der Waals surface area contributed by atoms with Gasteiger partial charge in [0.05, 0.1) is 28.4 Å².